The highest BCUT2D eigenvalue weighted by Gasteiger charge is 2.72. The number of Topliss-reactive ketones (excluding diaryl/α,β-unsaturated/α-hetero) is 3. The second-order valence-corrected chi connectivity index (χ2v) is 12.3. The lowest BCUT2D eigenvalue weighted by Crippen LogP contribution is -2.78. The number of benzene rings is 1. The van der Waals surface area contributed by atoms with Crippen LogP contribution in [0.3, 0.4) is 0 Å². The summed E-state index contributed by atoms with van der Waals surface area (Å²) in [6.45, 7) is 7.04. The smallest absolute Gasteiger partial charge is 0.230 e. The molecule has 11 heteroatoms. The number of carbonyl (C=O) groups is 4. The van der Waals surface area contributed by atoms with Gasteiger partial charge in [-0.25, -0.2) is 0 Å². The molecule has 11 nitrogen and oxygen atoms in total. The Kier molecular flexibility index (Phi) is 7.07. The number of aliphatic hydroxyl groups excluding tert-OH is 2. The average Bonchev–Trinajstić information content (AvgIpc) is 2.79. The molecule has 2 fully saturated rings. The second-order valence-electron chi connectivity index (χ2n) is 12.3. The zero-order valence-electron chi connectivity index (χ0n) is 22.3. The minimum atomic E-state index is -2.93. The lowest BCUT2D eigenvalue weighted by atomic mass is 9.51. The van der Waals surface area contributed by atoms with Crippen LogP contribution in [0.5, 0.6) is 5.75 Å². The summed E-state index contributed by atoms with van der Waals surface area (Å²) in [5, 5.41) is 48.3. The van der Waals surface area contributed by atoms with Gasteiger partial charge in [0.25, 0.3) is 0 Å². The van der Waals surface area contributed by atoms with Crippen molar-refractivity contribution in [1.29, 1.82) is 0 Å². The topological polar surface area (TPSA) is 190 Å². The molecule has 3 aliphatic carbocycles. The Bertz CT molecular complexity index is 1190. The number of phenolic OH excluding ortho intramolecular Hbond substituents is 1. The lowest BCUT2D eigenvalue weighted by Gasteiger charge is -2.56. The largest absolute Gasteiger partial charge is 0.507 e. The number of nitrogens with one attached hydrogen (secondary N) is 1. The van der Waals surface area contributed by atoms with E-state index in [1.54, 1.807) is 12.1 Å². The summed E-state index contributed by atoms with van der Waals surface area (Å²) in [7, 11) is 3.03. The number of ketones is 3. The number of hydrogen-bond donors (Lipinski definition) is 6. The van der Waals surface area contributed by atoms with Crippen molar-refractivity contribution < 1.29 is 39.6 Å². The number of carbonyl (C=O) groups excluding carboxylic acids is 4. The molecule has 4 rings (SSSR count). The molecule has 0 spiro atoms. The van der Waals surface area contributed by atoms with Gasteiger partial charge in [-0.1, -0.05) is 32.9 Å². The molecular formula is C27H37N3O8. The highest BCUT2D eigenvalue weighted by Crippen LogP contribution is 2.51. The van der Waals surface area contributed by atoms with Gasteiger partial charge in [0, 0.05) is 36.5 Å². The molecule has 2 saturated carbocycles. The predicted molar refractivity (Wildman–Crippen MR) is 135 cm³/mol. The summed E-state index contributed by atoms with van der Waals surface area (Å²) in [4.78, 5) is 54.5. The van der Waals surface area contributed by atoms with Crippen molar-refractivity contribution in [2.75, 3.05) is 20.6 Å². The highest BCUT2D eigenvalue weighted by molar-refractivity contribution is 6.25. The number of nitrogens with two attached hydrogens (primary N) is 1. The summed E-state index contributed by atoms with van der Waals surface area (Å²) in [6, 6.07) is 2.16. The molecule has 0 radical (unpaired) electrons. The number of aromatic hydroxyl groups is 1. The number of fused-ring (bicyclic) bond motifs is 3. The molecule has 1 aromatic rings. The Morgan fingerprint density at radius 1 is 1.13 bits per heavy atom. The van der Waals surface area contributed by atoms with E-state index in [2.05, 4.69) is 5.32 Å². The summed E-state index contributed by atoms with van der Waals surface area (Å²) < 4.78 is 0. The minimum Gasteiger partial charge on any atom is -0.507 e. The Morgan fingerprint density at radius 3 is 2.32 bits per heavy atom. The quantitative estimate of drug-likeness (QED) is 0.251. The molecule has 38 heavy (non-hydrogen) atoms. The number of primary amides is 1. The monoisotopic (exact) mass is 531 g/mol. The number of phenols is 1. The van der Waals surface area contributed by atoms with Crippen molar-refractivity contribution in [1.82, 2.24) is 10.2 Å². The van der Waals surface area contributed by atoms with Crippen LogP contribution in [0.1, 0.15) is 42.3 Å². The first-order valence-corrected chi connectivity index (χ1v) is 12.8. The summed E-state index contributed by atoms with van der Waals surface area (Å²) in [5.74, 6) is -10.9. The van der Waals surface area contributed by atoms with Gasteiger partial charge in [0.2, 0.25) is 5.91 Å². The van der Waals surface area contributed by atoms with E-state index in [4.69, 9.17) is 5.73 Å². The molecule has 0 bridgehead atoms. The van der Waals surface area contributed by atoms with E-state index in [0.29, 0.717) is 17.7 Å². The molecule has 3 aliphatic rings. The summed E-state index contributed by atoms with van der Waals surface area (Å²) >= 11 is 0. The van der Waals surface area contributed by atoms with Gasteiger partial charge in [0.15, 0.2) is 23.0 Å². The number of amides is 1. The fraction of sp³-hybridized carbons (Fsp3) is 0.630. The van der Waals surface area contributed by atoms with Gasteiger partial charge in [-0.05, 0) is 31.5 Å². The maximum Gasteiger partial charge on any atom is 0.230 e. The van der Waals surface area contributed by atoms with Gasteiger partial charge in [0.05, 0.1) is 23.7 Å². The SMILES string of the molecule is CN(C)[C@H]1C(O)C(C(N)=O)C(=O)[C@]2(O)C(=O)C3C(=O)c4c(ccc(CNCC(C)(C)C)c4O)C[C@@H]3[C@@H](O)[C@H]12. The van der Waals surface area contributed by atoms with Crippen LogP contribution < -0.4 is 11.1 Å². The third-order valence-electron chi connectivity index (χ3n) is 8.30. The summed E-state index contributed by atoms with van der Waals surface area (Å²) in [6.07, 6.45) is -3.22. The number of nitrogens with zero attached hydrogens (tertiary/aromatic N) is 1. The van der Waals surface area contributed by atoms with Crippen LogP contribution in [0.2, 0.25) is 0 Å². The van der Waals surface area contributed by atoms with E-state index < -0.39 is 70.8 Å². The van der Waals surface area contributed by atoms with Gasteiger partial charge in [-0.15, -0.1) is 0 Å². The number of aliphatic hydroxyl groups is 3. The van der Waals surface area contributed by atoms with E-state index >= 15 is 0 Å². The highest BCUT2D eigenvalue weighted by atomic mass is 16.3. The molecule has 3 unspecified atom stereocenters. The van der Waals surface area contributed by atoms with Crippen molar-refractivity contribution >= 4 is 23.3 Å². The van der Waals surface area contributed by atoms with Gasteiger partial charge < -0.3 is 36.4 Å². The van der Waals surface area contributed by atoms with Gasteiger partial charge in [-0.2, -0.15) is 0 Å². The van der Waals surface area contributed by atoms with Gasteiger partial charge >= 0.3 is 0 Å². The van der Waals surface area contributed by atoms with E-state index in [-0.39, 0.29) is 29.7 Å². The molecule has 7 N–H and O–H groups in total. The number of hydrogen-bond acceptors (Lipinski definition) is 10. The normalized spacial score (nSPS) is 35.1. The van der Waals surface area contributed by atoms with Crippen molar-refractivity contribution in [3.05, 3.63) is 28.8 Å². The van der Waals surface area contributed by atoms with Crippen LogP contribution in [-0.4, -0.2) is 93.1 Å². The predicted octanol–water partition coefficient (Wildman–Crippen LogP) is -1.23. The molecule has 0 aromatic heterocycles. The van der Waals surface area contributed by atoms with E-state index in [0.717, 1.165) is 0 Å². The van der Waals surface area contributed by atoms with E-state index in [9.17, 15) is 39.6 Å². The molecule has 0 heterocycles. The minimum absolute atomic E-state index is 0.0171. The Labute approximate surface area is 221 Å². The van der Waals surface area contributed by atoms with Gasteiger partial charge in [-0.3, -0.25) is 19.2 Å². The first-order valence-electron chi connectivity index (χ1n) is 12.8. The van der Waals surface area contributed by atoms with Crippen LogP contribution in [0, 0.1) is 29.1 Å². The van der Waals surface area contributed by atoms with Crippen LogP contribution in [0.15, 0.2) is 12.1 Å². The fourth-order valence-corrected chi connectivity index (χ4v) is 6.56. The molecule has 1 amide bonds. The first kappa shape index (κ1) is 28.3. The standard InChI is InChI=1S/C27H37N3O8/c1-26(2,3)10-29-9-12-7-6-11-8-13-15(21(33)14(11)19(12)31)23(35)27(38)17(20(13)32)18(30(4)5)22(34)16(24(27)36)25(28)37/h6-7,13,15-18,20,22,29,31-32,34,38H,8-10H2,1-5H3,(H2,28,37)/t13-,15?,16?,17-,18+,20+,22?,27+/m0/s1. The van der Waals surface area contributed by atoms with Crippen molar-refractivity contribution in [2.45, 2.75) is 57.6 Å². The third kappa shape index (κ3) is 4.17. The zero-order chi connectivity index (χ0) is 28.5. The molecule has 1 aromatic carbocycles. The van der Waals surface area contributed by atoms with E-state index in [1.807, 2.05) is 20.8 Å². The maximum absolute atomic E-state index is 13.9. The number of rotatable bonds is 5. The van der Waals surface area contributed by atoms with Crippen LogP contribution in [-0.2, 0) is 27.3 Å². The van der Waals surface area contributed by atoms with Crippen molar-refractivity contribution in [2.24, 2.45) is 34.8 Å². The third-order valence-corrected chi connectivity index (χ3v) is 8.30. The second kappa shape index (κ2) is 9.49. The van der Waals surface area contributed by atoms with Crippen LogP contribution >= 0.6 is 0 Å². The molecule has 0 saturated heterocycles. The lowest BCUT2D eigenvalue weighted by molar-refractivity contribution is -0.207. The van der Waals surface area contributed by atoms with Gasteiger partial charge in [0.1, 0.15) is 11.7 Å². The van der Waals surface area contributed by atoms with Crippen LogP contribution in [0.25, 0.3) is 0 Å². The fourth-order valence-electron chi connectivity index (χ4n) is 6.56. The molecule has 8 atom stereocenters. The first-order chi connectivity index (χ1) is 17.5. The Balaban J connectivity index is 1.78. The number of likely N-dealkylation sites (N-methyl/N-ethyl adjacent to an activating group) is 1. The van der Waals surface area contributed by atoms with Crippen molar-refractivity contribution in [3.63, 3.8) is 0 Å². The van der Waals surface area contributed by atoms with Crippen molar-refractivity contribution in [3.8, 4) is 5.75 Å². The maximum atomic E-state index is 13.9. The average molecular weight is 532 g/mol. The Hall–Kier alpha value is -2.70. The summed E-state index contributed by atoms with van der Waals surface area (Å²) in [5.41, 5.74) is 3.22. The molecular weight excluding hydrogens is 494 g/mol. The Morgan fingerprint density at radius 2 is 1.76 bits per heavy atom. The molecule has 208 valence electrons. The molecule has 0 aliphatic heterocycles. The van der Waals surface area contributed by atoms with E-state index in [1.165, 1.54) is 19.0 Å². The zero-order valence-corrected chi connectivity index (χ0v) is 22.3. The van der Waals surface area contributed by atoms with Crippen LogP contribution in [0.4, 0.5) is 0 Å².